The highest BCUT2D eigenvalue weighted by atomic mass is 16.5. The summed E-state index contributed by atoms with van der Waals surface area (Å²) in [6.45, 7) is 5.44. The van der Waals surface area contributed by atoms with Gasteiger partial charge in [-0.25, -0.2) is 0 Å². The van der Waals surface area contributed by atoms with E-state index in [-0.39, 0.29) is 18.1 Å². The number of ether oxygens (including phenoxy) is 1. The van der Waals surface area contributed by atoms with E-state index in [0.717, 1.165) is 24.4 Å². The van der Waals surface area contributed by atoms with Gasteiger partial charge in [-0.1, -0.05) is 30.3 Å². The van der Waals surface area contributed by atoms with Crippen LogP contribution >= 0.6 is 0 Å². The summed E-state index contributed by atoms with van der Waals surface area (Å²) >= 11 is 0. The van der Waals surface area contributed by atoms with Gasteiger partial charge in [0, 0.05) is 44.1 Å². The van der Waals surface area contributed by atoms with Gasteiger partial charge < -0.3 is 19.9 Å². The van der Waals surface area contributed by atoms with Crippen LogP contribution < -0.4 is 19.9 Å². The van der Waals surface area contributed by atoms with E-state index in [0.29, 0.717) is 12.1 Å². The van der Waals surface area contributed by atoms with Crippen molar-refractivity contribution in [1.82, 2.24) is 5.32 Å². The third-order valence-electron chi connectivity index (χ3n) is 6.04. The number of para-hydroxylation sites is 1. The second-order valence-corrected chi connectivity index (χ2v) is 8.97. The topological polar surface area (TPSA) is 44.8 Å². The quantitative estimate of drug-likeness (QED) is 0.528. The first-order valence-electron chi connectivity index (χ1n) is 11.6. The average Bonchev–Trinajstić information content (AvgIpc) is 3.23. The molecule has 0 spiro atoms. The van der Waals surface area contributed by atoms with Gasteiger partial charge in [0.2, 0.25) is 0 Å². The Kier molecular flexibility index (Phi) is 6.87. The molecule has 1 heterocycles. The maximum absolute atomic E-state index is 12.9. The van der Waals surface area contributed by atoms with E-state index in [9.17, 15) is 4.79 Å². The summed E-state index contributed by atoms with van der Waals surface area (Å²) in [4.78, 5) is 17.5. The van der Waals surface area contributed by atoms with Gasteiger partial charge in [0.05, 0.1) is 12.1 Å². The van der Waals surface area contributed by atoms with Gasteiger partial charge in [0.1, 0.15) is 5.75 Å². The molecule has 1 amide bonds. The summed E-state index contributed by atoms with van der Waals surface area (Å²) < 4.78 is 5.69. The molecule has 0 fully saturated rings. The molecule has 1 atom stereocenters. The molecule has 0 aliphatic carbocycles. The van der Waals surface area contributed by atoms with Crippen LogP contribution in [0.25, 0.3) is 0 Å². The number of amides is 1. The van der Waals surface area contributed by atoms with Gasteiger partial charge in [-0.3, -0.25) is 4.79 Å². The molecule has 3 aromatic rings. The summed E-state index contributed by atoms with van der Waals surface area (Å²) in [7, 11) is 4.09. The maximum atomic E-state index is 12.9. The lowest BCUT2D eigenvalue weighted by Gasteiger charge is -2.31. The molecule has 0 aromatic heterocycles. The predicted octanol–water partition coefficient (Wildman–Crippen LogP) is 5.07. The lowest BCUT2D eigenvalue weighted by molar-refractivity contribution is 0.0951. The zero-order valence-electron chi connectivity index (χ0n) is 19.9. The van der Waals surface area contributed by atoms with E-state index < -0.39 is 0 Å². The summed E-state index contributed by atoms with van der Waals surface area (Å²) in [6, 6.07) is 24.6. The minimum Gasteiger partial charge on any atom is -0.491 e. The first-order chi connectivity index (χ1) is 15.9. The van der Waals surface area contributed by atoms with Crippen LogP contribution in [0.3, 0.4) is 0 Å². The fourth-order valence-electron chi connectivity index (χ4n) is 4.34. The Morgan fingerprint density at radius 3 is 2.36 bits per heavy atom. The van der Waals surface area contributed by atoms with E-state index in [1.54, 1.807) is 0 Å². The van der Waals surface area contributed by atoms with Crippen LogP contribution in [0.15, 0.2) is 72.8 Å². The van der Waals surface area contributed by atoms with E-state index in [1.165, 1.54) is 16.8 Å². The molecular weight excluding hydrogens is 410 g/mol. The molecule has 172 valence electrons. The molecule has 0 bridgehead atoms. The summed E-state index contributed by atoms with van der Waals surface area (Å²) in [5.74, 6) is 0.697. The second-order valence-electron chi connectivity index (χ2n) is 8.97. The van der Waals surface area contributed by atoms with Crippen LogP contribution in [0.2, 0.25) is 0 Å². The van der Waals surface area contributed by atoms with Crippen LogP contribution in [-0.4, -0.2) is 39.2 Å². The van der Waals surface area contributed by atoms with Crippen LogP contribution in [0.4, 0.5) is 11.4 Å². The standard InChI is InChI=1S/C28H33N3O2/c1-20(2)33-25-15-11-23(12-16-25)28(32)29-19-27(22-9-13-24(14-10-22)30(3)4)31-18-17-21-7-5-6-8-26(21)31/h5-16,20,27H,17-19H2,1-4H3,(H,29,32). The van der Waals surface area contributed by atoms with Gasteiger partial charge in [-0.15, -0.1) is 0 Å². The summed E-state index contributed by atoms with van der Waals surface area (Å²) in [5, 5.41) is 3.17. The lowest BCUT2D eigenvalue weighted by Crippen LogP contribution is -2.37. The number of hydrogen-bond donors (Lipinski definition) is 1. The van der Waals surface area contributed by atoms with E-state index in [2.05, 4.69) is 63.6 Å². The van der Waals surface area contributed by atoms with Crippen LogP contribution in [-0.2, 0) is 6.42 Å². The van der Waals surface area contributed by atoms with Crippen molar-refractivity contribution in [3.05, 3.63) is 89.5 Å². The smallest absolute Gasteiger partial charge is 0.251 e. The largest absolute Gasteiger partial charge is 0.491 e. The van der Waals surface area contributed by atoms with Crippen LogP contribution in [0.1, 0.15) is 41.4 Å². The Labute approximate surface area is 197 Å². The Balaban J connectivity index is 1.53. The third-order valence-corrected chi connectivity index (χ3v) is 6.04. The first kappa shape index (κ1) is 22.7. The summed E-state index contributed by atoms with van der Waals surface area (Å²) in [6.07, 6.45) is 1.13. The molecule has 4 rings (SSSR count). The maximum Gasteiger partial charge on any atom is 0.251 e. The van der Waals surface area contributed by atoms with Gasteiger partial charge in [0.25, 0.3) is 5.91 Å². The number of carbonyl (C=O) groups is 1. The number of carbonyl (C=O) groups excluding carboxylic acids is 1. The Hall–Kier alpha value is -3.47. The molecule has 0 saturated carbocycles. The number of rotatable bonds is 8. The fraction of sp³-hybridized carbons (Fsp3) is 0.321. The van der Waals surface area contributed by atoms with Crippen molar-refractivity contribution >= 4 is 17.3 Å². The lowest BCUT2D eigenvalue weighted by atomic mass is 10.0. The normalized spacial score (nSPS) is 13.5. The van der Waals surface area contributed by atoms with E-state index in [4.69, 9.17) is 4.74 Å². The van der Waals surface area contributed by atoms with Gasteiger partial charge in [-0.2, -0.15) is 0 Å². The van der Waals surface area contributed by atoms with Crippen LogP contribution in [0, 0.1) is 0 Å². The van der Waals surface area contributed by atoms with Crippen molar-refractivity contribution < 1.29 is 9.53 Å². The number of fused-ring (bicyclic) bond motifs is 1. The SMILES string of the molecule is CC(C)Oc1ccc(C(=O)NCC(c2ccc(N(C)C)cc2)N2CCc3ccccc32)cc1. The molecule has 33 heavy (non-hydrogen) atoms. The molecule has 0 saturated heterocycles. The number of nitrogens with zero attached hydrogens (tertiary/aromatic N) is 2. The minimum atomic E-state index is -0.0755. The molecular formula is C28H33N3O2. The van der Waals surface area contributed by atoms with Crippen molar-refractivity contribution in [2.45, 2.75) is 32.4 Å². The van der Waals surface area contributed by atoms with Crippen molar-refractivity contribution in [3.8, 4) is 5.75 Å². The molecule has 1 aliphatic heterocycles. The first-order valence-corrected chi connectivity index (χ1v) is 11.6. The van der Waals surface area contributed by atoms with Crippen molar-refractivity contribution in [3.63, 3.8) is 0 Å². The Bertz CT molecular complexity index is 1080. The molecule has 1 aliphatic rings. The average molecular weight is 444 g/mol. The van der Waals surface area contributed by atoms with Gasteiger partial charge in [-0.05, 0) is 73.9 Å². The summed E-state index contributed by atoms with van der Waals surface area (Å²) in [5.41, 5.74) is 5.60. The van der Waals surface area contributed by atoms with Crippen LogP contribution in [0.5, 0.6) is 5.75 Å². The second kappa shape index (κ2) is 9.99. The zero-order valence-corrected chi connectivity index (χ0v) is 19.9. The highest BCUT2D eigenvalue weighted by molar-refractivity contribution is 5.94. The van der Waals surface area contributed by atoms with Gasteiger partial charge in [0.15, 0.2) is 0 Å². The zero-order chi connectivity index (χ0) is 23.4. The highest BCUT2D eigenvalue weighted by Crippen LogP contribution is 2.35. The molecule has 5 nitrogen and oxygen atoms in total. The monoisotopic (exact) mass is 443 g/mol. The van der Waals surface area contributed by atoms with Crippen molar-refractivity contribution in [2.24, 2.45) is 0 Å². The van der Waals surface area contributed by atoms with Crippen molar-refractivity contribution in [2.75, 3.05) is 37.0 Å². The molecule has 0 radical (unpaired) electrons. The fourth-order valence-corrected chi connectivity index (χ4v) is 4.34. The third kappa shape index (κ3) is 5.30. The van der Waals surface area contributed by atoms with E-state index in [1.807, 2.05) is 52.2 Å². The Morgan fingerprint density at radius 2 is 1.70 bits per heavy atom. The van der Waals surface area contributed by atoms with Gasteiger partial charge >= 0.3 is 0 Å². The molecule has 5 heteroatoms. The number of hydrogen-bond acceptors (Lipinski definition) is 4. The molecule has 3 aromatic carbocycles. The highest BCUT2D eigenvalue weighted by Gasteiger charge is 2.27. The van der Waals surface area contributed by atoms with Crippen molar-refractivity contribution in [1.29, 1.82) is 0 Å². The predicted molar refractivity (Wildman–Crippen MR) is 136 cm³/mol. The van der Waals surface area contributed by atoms with E-state index >= 15 is 0 Å². The molecule has 1 unspecified atom stereocenters. The molecule has 1 N–H and O–H groups in total. The number of benzene rings is 3. The Morgan fingerprint density at radius 1 is 1.00 bits per heavy atom. The minimum absolute atomic E-state index is 0.0531. The number of anilines is 2. The number of nitrogens with one attached hydrogen (secondary N) is 1.